The van der Waals surface area contributed by atoms with E-state index in [4.69, 9.17) is 9.72 Å². The number of aromatic nitrogens is 2. The molecule has 1 saturated heterocycles. The second-order valence-electron chi connectivity index (χ2n) is 7.26. The van der Waals surface area contributed by atoms with Gasteiger partial charge in [0.25, 0.3) is 0 Å². The van der Waals surface area contributed by atoms with Crippen molar-refractivity contribution in [2.75, 3.05) is 36.5 Å². The van der Waals surface area contributed by atoms with Crippen LogP contribution in [0, 0.1) is 6.92 Å². The number of anilines is 2. The number of alkyl halides is 2. The number of hydrogen-bond donors (Lipinski definition) is 1. The largest absolute Gasteiger partial charge is 0.378 e. The minimum atomic E-state index is -2.52. The SMILES string of the molecule is Cc1csc(-c2cc(N3CCOCC3)cc(NC3CCC(F)(F)CC3)n2)n1. The number of thiazole rings is 1. The third-order valence-corrected chi connectivity index (χ3v) is 6.08. The molecular weight excluding hydrogens is 370 g/mol. The van der Waals surface area contributed by atoms with E-state index < -0.39 is 5.92 Å². The molecule has 3 heterocycles. The van der Waals surface area contributed by atoms with Gasteiger partial charge in [0.1, 0.15) is 16.5 Å². The Morgan fingerprint density at radius 3 is 2.59 bits per heavy atom. The lowest BCUT2D eigenvalue weighted by atomic mass is 9.92. The van der Waals surface area contributed by atoms with E-state index in [1.807, 2.05) is 18.4 Å². The summed E-state index contributed by atoms with van der Waals surface area (Å²) < 4.78 is 32.3. The molecule has 0 atom stereocenters. The summed E-state index contributed by atoms with van der Waals surface area (Å²) in [4.78, 5) is 11.6. The Morgan fingerprint density at radius 2 is 1.93 bits per heavy atom. The van der Waals surface area contributed by atoms with Crippen molar-refractivity contribution in [1.29, 1.82) is 0 Å². The molecule has 5 nitrogen and oxygen atoms in total. The molecule has 0 bridgehead atoms. The zero-order valence-corrected chi connectivity index (χ0v) is 16.2. The Balaban J connectivity index is 1.59. The van der Waals surface area contributed by atoms with Gasteiger partial charge >= 0.3 is 0 Å². The van der Waals surface area contributed by atoms with Gasteiger partial charge in [0, 0.05) is 54.8 Å². The van der Waals surface area contributed by atoms with Crippen LogP contribution >= 0.6 is 11.3 Å². The Morgan fingerprint density at radius 1 is 1.19 bits per heavy atom. The van der Waals surface area contributed by atoms with Gasteiger partial charge in [-0.15, -0.1) is 11.3 Å². The highest BCUT2D eigenvalue weighted by Gasteiger charge is 2.35. The number of pyridine rings is 1. The lowest BCUT2D eigenvalue weighted by Gasteiger charge is -2.31. The van der Waals surface area contributed by atoms with E-state index in [0.717, 1.165) is 41.0 Å². The highest BCUT2D eigenvalue weighted by atomic mass is 32.1. The zero-order valence-electron chi connectivity index (χ0n) is 15.4. The fraction of sp³-hybridized carbons (Fsp3) is 0.579. The van der Waals surface area contributed by atoms with Crippen molar-refractivity contribution >= 4 is 22.8 Å². The Hall–Kier alpha value is -1.80. The van der Waals surface area contributed by atoms with Gasteiger partial charge in [-0.2, -0.15) is 0 Å². The van der Waals surface area contributed by atoms with Crippen LogP contribution in [-0.2, 0) is 4.74 Å². The predicted octanol–water partition coefficient (Wildman–Crippen LogP) is 4.34. The molecule has 0 amide bonds. The second-order valence-corrected chi connectivity index (χ2v) is 8.12. The zero-order chi connectivity index (χ0) is 18.9. The maximum absolute atomic E-state index is 13.4. The van der Waals surface area contributed by atoms with Crippen LogP contribution in [0.2, 0.25) is 0 Å². The van der Waals surface area contributed by atoms with E-state index in [1.165, 1.54) is 0 Å². The summed E-state index contributed by atoms with van der Waals surface area (Å²) in [6.45, 7) is 5.03. The second kappa shape index (κ2) is 7.67. The summed E-state index contributed by atoms with van der Waals surface area (Å²) >= 11 is 1.57. The topological polar surface area (TPSA) is 50.3 Å². The maximum Gasteiger partial charge on any atom is 0.248 e. The third-order valence-electron chi connectivity index (χ3n) is 5.09. The molecule has 27 heavy (non-hydrogen) atoms. The van der Waals surface area contributed by atoms with Crippen molar-refractivity contribution in [3.8, 4) is 10.7 Å². The van der Waals surface area contributed by atoms with Crippen LogP contribution in [0.3, 0.4) is 0 Å². The molecule has 0 radical (unpaired) electrons. The van der Waals surface area contributed by atoms with Crippen molar-refractivity contribution in [1.82, 2.24) is 9.97 Å². The molecule has 2 aromatic rings. The monoisotopic (exact) mass is 394 g/mol. The standard InChI is InChI=1S/C19H24F2N4OS/c1-13-12-27-18(22-13)16-10-15(25-6-8-26-9-7-25)11-17(24-16)23-14-2-4-19(20,21)5-3-14/h10-12,14H,2-9H2,1H3,(H,23,24). The fourth-order valence-corrected chi connectivity index (χ4v) is 4.33. The summed E-state index contributed by atoms with van der Waals surface area (Å²) in [5, 5.41) is 6.27. The summed E-state index contributed by atoms with van der Waals surface area (Å²) in [6.07, 6.45) is 0.795. The molecule has 1 aliphatic carbocycles. The molecule has 1 aliphatic heterocycles. The van der Waals surface area contributed by atoms with Gasteiger partial charge in [0.05, 0.1) is 13.2 Å². The number of halogens is 2. The van der Waals surface area contributed by atoms with Crippen molar-refractivity contribution < 1.29 is 13.5 Å². The maximum atomic E-state index is 13.4. The summed E-state index contributed by atoms with van der Waals surface area (Å²) in [5.74, 6) is -1.79. The van der Waals surface area contributed by atoms with E-state index in [-0.39, 0.29) is 18.9 Å². The van der Waals surface area contributed by atoms with E-state index >= 15 is 0 Å². The van der Waals surface area contributed by atoms with E-state index in [9.17, 15) is 8.78 Å². The number of hydrogen-bond acceptors (Lipinski definition) is 6. The smallest absolute Gasteiger partial charge is 0.248 e. The van der Waals surface area contributed by atoms with E-state index in [2.05, 4.69) is 21.3 Å². The van der Waals surface area contributed by atoms with Crippen LogP contribution in [-0.4, -0.2) is 48.2 Å². The fourth-order valence-electron chi connectivity index (χ4n) is 3.57. The molecule has 146 valence electrons. The van der Waals surface area contributed by atoms with E-state index in [1.54, 1.807) is 11.3 Å². The molecular formula is C19H24F2N4OS. The molecule has 2 aromatic heterocycles. The minimum absolute atomic E-state index is 0.0305. The first-order chi connectivity index (χ1) is 13.0. The van der Waals surface area contributed by atoms with Crippen LogP contribution in [0.15, 0.2) is 17.5 Å². The molecule has 1 saturated carbocycles. The van der Waals surface area contributed by atoms with Crippen molar-refractivity contribution in [2.24, 2.45) is 0 Å². The van der Waals surface area contributed by atoms with Gasteiger partial charge in [-0.25, -0.2) is 18.7 Å². The van der Waals surface area contributed by atoms with Gasteiger partial charge in [0.2, 0.25) is 5.92 Å². The van der Waals surface area contributed by atoms with Gasteiger partial charge < -0.3 is 15.0 Å². The van der Waals surface area contributed by atoms with Gasteiger partial charge in [-0.05, 0) is 25.8 Å². The van der Waals surface area contributed by atoms with Crippen molar-refractivity contribution in [3.63, 3.8) is 0 Å². The molecule has 0 spiro atoms. The Labute approximate surface area is 161 Å². The molecule has 0 aromatic carbocycles. The van der Waals surface area contributed by atoms with Crippen LogP contribution < -0.4 is 10.2 Å². The van der Waals surface area contributed by atoms with Crippen LogP contribution in [0.4, 0.5) is 20.3 Å². The molecule has 1 N–H and O–H groups in total. The minimum Gasteiger partial charge on any atom is -0.378 e. The average Bonchev–Trinajstić information content (AvgIpc) is 3.10. The summed E-state index contributed by atoms with van der Waals surface area (Å²) in [5.41, 5.74) is 2.86. The third kappa shape index (κ3) is 4.55. The average molecular weight is 394 g/mol. The normalized spacial score (nSPS) is 20.6. The van der Waals surface area contributed by atoms with Gasteiger partial charge in [-0.3, -0.25) is 0 Å². The summed E-state index contributed by atoms with van der Waals surface area (Å²) in [7, 11) is 0. The van der Waals surface area contributed by atoms with Crippen LogP contribution in [0.5, 0.6) is 0 Å². The van der Waals surface area contributed by atoms with Crippen LogP contribution in [0.25, 0.3) is 10.7 Å². The predicted molar refractivity (Wildman–Crippen MR) is 104 cm³/mol. The molecule has 2 fully saturated rings. The first-order valence-electron chi connectivity index (χ1n) is 9.40. The number of morpholine rings is 1. The molecule has 2 aliphatic rings. The number of ether oxygens (including phenoxy) is 1. The highest BCUT2D eigenvalue weighted by Crippen LogP contribution is 2.35. The number of nitrogens with zero attached hydrogens (tertiary/aromatic N) is 3. The van der Waals surface area contributed by atoms with E-state index in [0.29, 0.717) is 26.1 Å². The van der Waals surface area contributed by atoms with Crippen molar-refractivity contribution in [3.05, 3.63) is 23.2 Å². The van der Waals surface area contributed by atoms with Gasteiger partial charge in [0.15, 0.2) is 0 Å². The van der Waals surface area contributed by atoms with Gasteiger partial charge in [-0.1, -0.05) is 0 Å². The first-order valence-corrected chi connectivity index (χ1v) is 10.3. The number of rotatable bonds is 4. The number of nitrogens with one attached hydrogen (secondary N) is 1. The summed E-state index contributed by atoms with van der Waals surface area (Å²) in [6, 6.07) is 4.11. The lowest BCUT2D eigenvalue weighted by molar-refractivity contribution is -0.0361. The first kappa shape index (κ1) is 18.6. The number of aryl methyl sites for hydroxylation is 1. The molecule has 0 unspecified atom stereocenters. The molecule has 8 heteroatoms. The van der Waals surface area contributed by atoms with Crippen LogP contribution in [0.1, 0.15) is 31.4 Å². The Bertz CT molecular complexity index is 782. The quantitative estimate of drug-likeness (QED) is 0.836. The molecule has 4 rings (SSSR count). The highest BCUT2D eigenvalue weighted by molar-refractivity contribution is 7.13. The van der Waals surface area contributed by atoms with Crippen molar-refractivity contribution in [2.45, 2.75) is 44.6 Å². The Kier molecular flexibility index (Phi) is 5.27. The lowest BCUT2D eigenvalue weighted by Crippen LogP contribution is -2.36.